The first-order valence-electron chi connectivity index (χ1n) is 9.35. The summed E-state index contributed by atoms with van der Waals surface area (Å²) in [6, 6.07) is 7.53. The van der Waals surface area contributed by atoms with Gasteiger partial charge in [-0.15, -0.1) is 0 Å². The molecule has 2 N–H and O–H groups in total. The summed E-state index contributed by atoms with van der Waals surface area (Å²) < 4.78 is 13.5. The summed E-state index contributed by atoms with van der Waals surface area (Å²) >= 11 is 6.04. The molecule has 1 amide bonds. The topological polar surface area (TPSA) is 115 Å². The fourth-order valence-electron chi connectivity index (χ4n) is 3.97. The van der Waals surface area contributed by atoms with E-state index in [1.54, 1.807) is 17.9 Å². The Morgan fingerprint density at radius 2 is 2.30 bits per heavy atom. The first kappa shape index (κ1) is 19.2. The first-order chi connectivity index (χ1) is 14.5. The van der Waals surface area contributed by atoms with Gasteiger partial charge in [-0.25, -0.2) is 15.0 Å². The fourth-order valence-corrected chi connectivity index (χ4v) is 4.18. The van der Waals surface area contributed by atoms with Crippen molar-refractivity contribution in [3.63, 3.8) is 0 Å². The third-order valence-corrected chi connectivity index (χ3v) is 5.83. The SMILES string of the molecule is CN(C=O)[C@]12CO[C@@H]([C@H](n3cnc4c(NCc5cccc(Cl)c5)ncnc43)O1)[C@H]2O. The van der Waals surface area contributed by atoms with E-state index in [4.69, 9.17) is 21.1 Å². The largest absolute Gasteiger partial charge is 0.385 e. The highest BCUT2D eigenvalue weighted by Crippen LogP contribution is 2.46. The molecule has 1 aromatic carbocycles. The Balaban J connectivity index is 1.44. The number of aliphatic hydroxyl groups excluding tert-OH is 1. The Morgan fingerprint density at radius 1 is 1.43 bits per heavy atom. The highest BCUT2D eigenvalue weighted by atomic mass is 35.5. The fraction of sp³-hybridized carbons (Fsp3) is 0.368. The van der Waals surface area contributed by atoms with Crippen LogP contribution >= 0.6 is 11.6 Å². The number of carbonyl (C=O) groups excluding carboxylic acids is 1. The van der Waals surface area contributed by atoms with Crippen LogP contribution in [0, 0.1) is 0 Å². The molecule has 0 saturated carbocycles. The van der Waals surface area contributed by atoms with E-state index in [2.05, 4.69) is 20.3 Å². The zero-order chi connectivity index (χ0) is 20.9. The number of fused-ring (bicyclic) bond motifs is 3. The lowest BCUT2D eigenvalue weighted by molar-refractivity contribution is -0.222. The molecule has 4 atom stereocenters. The molecule has 156 valence electrons. The number of imidazole rings is 1. The number of rotatable bonds is 6. The van der Waals surface area contributed by atoms with Crippen LogP contribution < -0.4 is 5.32 Å². The van der Waals surface area contributed by atoms with E-state index in [0.29, 0.717) is 35.0 Å². The van der Waals surface area contributed by atoms with Gasteiger partial charge in [0.1, 0.15) is 18.5 Å². The maximum atomic E-state index is 11.3. The molecular weight excluding hydrogens is 412 g/mol. The number of aliphatic hydroxyl groups is 1. The molecule has 2 saturated heterocycles. The number of aromatic nitrogens is 4. The van der Waals surface area contributed by atoms with Gasteiger partial charge in [0.15, 0.2) is 28.9 Å². The van der Waals surface area contributed by atoms with Crippen molar-refractivity contribution >= 4 is 35.0 Å². The Hall–Kier alpha value is -2.79. The number of likely N-dealkylation sites (N-methyl/N-ethyl adjacent to an activating group) is 1. The van der Waals surface area contributed by atoms with Crippen molar-refractivity contribution in [1.82, 2.24) is 24.4 Å². The number of hydrogen-bond donors (Lipinski definition) is 2. The minimum Gasteiger partial charge on any atom is -0.385 e. The third kappa shape index (κ3) is 2.83. The summed E-state index contributed by atoms with van der Waals surface area (Å²) in [5.41, 5.74) is 0.850. The third-order valence-electron chi connectivity index (χ3n) is 5.60. The van der Waals surface area contributed by atoms with Gasteiger partial charge in [0, 0.05) is 18.6 Å². The van der Waals surface area contributed by atoms with Gasteiger partial charge < -0.3 is 24.8 Å². The summed E-state index contributed by atoms with van der Waals surface area (Å²) in [5, 5.41) is 14.6. The maximum Gasteiger partial charge on any atom is 0.211 e. The van der Waals surface area contributed by atoms with Crippen molar-refractivity contribution in [3.05, 3.63) is 47.5 Å². The maximum absolute atomic E-state index is 11.3. The van der Waals surface area contributed by atoms with Crippen LogP contribution in [0.2, 0.25) is 5.02 Å². The van der Waals surface area contributed by atoms with Gasteiger partial charge >= 0.3 is 0 Å². The number of ether oxygens (including phenoxy) is 2. The molecule has 0 aliphatic carbocycles. The molecule has 2 aromatic heterocycles. The number of benzene rings is 1. The van der Waals surface area contributed by atoms with E-state index < -0.39 is 24.2 Å². The molecule has 30 heavy (non-hydrogen) atoms. The standard InChI is InChI=1S/C19H19ClN6O4/c1-25(10-27)19-7-29-14(15(19)28)18(30-19)26-9-24-13-16(22-8-23-17(13)26)21-6-11-3-2-4-12(20)5-11/h2-5,8-10,14-15,18,28H,6-7H2,1H3,(H,21,22,23)/t14-,15-,18-,19-/m1/s1. The summed E-state index contributed by atoms with van der Waals surface area (Å²) in [6.45, 7) is 0.607. The lowest BCUT2D eigenvalue weighted by Gasteiger charge is -2.36. The zero-order valence-electron chi connectivity index (χ0n) is 16.0. The van der Waals surface area contributed by atoms with Gasteiger partial charge in [0.2, 0.25) is 6.41 Å². The lowest BCUT2D eigenvalue weighted by atomic mass is 10.1. The predicted octanol–water partition coefficient (Wildman–Crippen LogP) is 1.16. The minimum atomic E-state index is -1.23. The molecule has 2 bridgehead atoms. The molecule has 3 aromatic rings. The highest BCUT2D eigenvalue weighted by molar-refractivity contribution is 6.30. The van der Waals surface area contributed by atoms with Crippen LogP contribution in [0.3, 0.4) is 0 Å². The summed E-state index contributed by atoms with van der Waals surface area (Å²) in [5.74, 6) is 0.558. The van der Waals surface area contributed by atoms with Gasteiger partial charge in [-0.2, -0.15) is 0 Å². The molecule has 0 radical (unpaired) electrons. The van der Waals surface area contributed by atoms with Gasteiger partial charge in [0.05, 0.1) is 12.9 Å². The summed E-state index contributed by atoms with van der Waals surface area (Å²) in [7, 11) is 1.55. The predicted molar refractivity (Wildman–Crippen MR) is 107 cm³/mol. The number of halogens is 1. The van der Waals surface area contributed by atoms with Crippen LogP contribution in [-0.4, -0.2) is 67.5 Å². The van der Waals surface area contributed by atoms with Gasteiger partial charge in [-0.05, 0) is 17.7 Å². The second-order valence-corrected chi connectivity index (χ2v) is 7.76. The molecule has 0 spiro atoms. The number of nitrogens with one attached hydrogen (secondary N) is 1. The van der Waals surface area contributed by atoms with Crippen molar-refractivity contribution in [2.24, 2.45) is 0 Å². The van der Waals surface area contributed by atoms with Gasteiger partial charge in [0.25, 0.3) is 0 Å². The van der Waals surface area contributed by atoms with E-state index in [9.17, 15) is 9.90 Å². The second kappa shape index (κ2) is 7.17. The molecular formula is C19H19ClN6O4. The zero-order valence-corrected chi connectivity index (χ0v) is 16.7. The van der Waals surface area contributed by atoms with Crippen molar-refractivity contribution in [1.29, 1.82) is 0 Å². The Labute approximate surface area is 176 Å². The highest BCUT2D eigenvalue weighted by Gasteiger charge is 2.64. The molecule has 2 fully saturated rings. The number of hydrogen-bond acceptors (Lipinski definition) is 8. The van der Waals surface area contributed by atoms with Crippen LogP contribution in [0.4, 0.5) is 5.82 Å². The summed E-state index contributed by atoms with van der Waals surface area (Å²) in [4.78, 5) is 25.7. The van der Waals surface area contributed by atoms with E-state index in [-0.39, 0.29) is 6.61 Å². The van der Waals surface area contributed by atoms with Crippen molar-refractivity contribution in [2.45, 2.75) is 30.7 Å². The molecule has 2 aliphatic heterocycles. The number of nitrogens with zero attached hydrogens (tertiary/aromatic N) is 5. The Morgan fingerprint density at radius 3 is 3.10 bits per heavy atom. The van der Waals surface area contributed by atoms with E-state index in [0.717, 1.165) is 5.56 Å². The molecule has 10 nitrogen and oxygen atoms in total. The number of carbonyl (C=O) groups is 1. The van der Waals surface area contributed by atoms with Crippen LogP contribution in [0.5, 0.6) is 0 Å². The summed E-state index contributed by atoms with van der Waals surface area (Å²) in [6.07, 6.45) is 1.29. The molecule has 4 heterocycles. The Bertz CT molecular complexity index is 1110. The second-order valence-electron chi connectivity index (χ2n) is 7.32. The number of anilines is 1. The van der Waals surface area contributed by atoms with Crippen molar-refractivity contribution in [2.75, 3.05) is 19.0 Å². The smallest absolute Gasteiger partial charge is 0.211 e. The van der Waals surface area contributed by atoms with Gasteiger partial charge in [-0.1, -0.05) is 23.7 Å². The average molecular weight is 431 g/mol. The van der Waals surface area contributed by atoms with Gasteiger partial charge in [-0.3, -0.25) is 9.36 Å². The monoisotopic (exact) mass is 430 g/mol. The molecule has 5 rings (SSSR count). The number of amides is 1. The van der Waals surface area contributed by atoms with E-state index in [1.807, 2.05) is 24.3 Å². The normalized spacial score (nSPS) is 27.5. The minimum absolute atomic E-state index is 0.0959. The molecule has 0 unspecified atom stereocenters. The first-order valence-corrected chi connectivity index (χ1v) is 9.73. The van der Waals surface area contributed by atoms with E-state index >= 15 is 0 Å². The molecule has 11 heteroatoms. The van der Waals surface area contributed by atoms with E-state index in [1.165, 1.54) is 11.2 Å². The quantitative estimate of drug-likeness (QED) is 0.560. The van der Waals surface area contributed by atoms with Crippen LogP contribution in [0.25, 0.3) is 11.2 Å². The Kier molecular flexibility index (Phi) is 4.58. The average Bonchev–Trinajstić information content (AvgIpc) is 3.42. The lowest BCUT2D eigenvalue weighted by Crippen LogP contribution is -2.53. The van der Waals surface area contributed by atoms with Crippen molar-refractivity contribution in [3.8, 4) is 0 Å². The van der Waals surface area contributed by atoms with Crippen LogP contribution in [0.15, 0.2) is 36.9 Å². The van der Waals surface area contributed by atoms with Crippen LogP contribution in [0.1, 0.15) is 11.8 Å². The van der Waals surface area contributed by atoms with Crippen molar-refractivity contribution < 1.29 is 19.4 Å². The molecule has 2 aliphatic rings. The van der Waals surface area contributed by atoms with Crippen LogP contribution in [-0.2, 0) is 20.8 Å².